The fourth-order valence-electron chi connectivity index (χ4n) is 3.07. The molecule has 3 heterocycles. The Morgan fingerprint density at radius 3 is 2.48 bits per heavy atom. The second kappa shape index (κ2) is 8.10. The van der Waals surface area contributed by atoms with Crippen molar-refractivity contribution in [2.75, 3.05) is 5.32 Å². The SMILES string of the molecule is Cc1cc(C(F)(F)C(F)(F)F)n2nc(C(=O)Nc3cnn(Cc4ccc(Cl)cc4)c3)cc2n1. The molecule has 0 spiro atoms. The van der Waals surface area contributed by atoms with Crippen molar-refractivity contribution in [2.45, 2.75) is 25.6 Å². The van der Waals surface area contributed by atoms with Crippen LogP contribution in [0, 0.1) is 6.92 Å². The number of aromatic nitrogens is 5. The Morgan fingerprint density at radius 1 is 1.12 bits per heavy atom. The molecular formula is C20H14ClF5N6O. The van der Waals surface area contributed by atoms with Crippen LogP contribution in [0.1, 0.15) is 27.4 Å². The summed E-state index contributed by atoms with van der Waals surface area (Å²) in [5.74, 6) is -6.02. The minimum absolute atomic E-state index is 0.0863. The number of fused-ring (bicyclic) bond motifs is 1. The summed E-state index contributed by atoms with van der Waals surface area (Å²) in [6, 6.07) is 8.66. The highest BCUT2D eigenvalue weighted by Gasteiger charge is 2.60. The zero-order valence-electron chi connectivity index (χ0n) is 16.7. The molecule has 13 heteroatoms. The molecule has 33 heavy (non-hydrogen) atoms. The van der Waals surface area contributed by atoms with Crippen molar-refractivity contribution >= 4 is 28.8 Å². The maximum Gasteiger partial charge on any atom is 0.459 e. The molecule has 0 bridgehead atoms. The Balaban J connectivity index is 1.57. The highest BCUT2D eigenvalue weighted by atomic mass is 35.5. The number of anilines is 1. The molecule has 0 aliphatic heterocycles. The first kappa shape index (κ1) is 22.6. The normalized spacial score (nSPS) is 12.3. The predicted molar refractivity (Wildman–Crippen MR) is 108 cm³/mol. The Morgan fingerprint density at radius 2 is 1.82 bits per heavy atom. The number of nitrogens with zero attached hydrogens (tertiary/aromatic N) is 5. The van der Waals surface area contributed by atoms with Crippen LogP contribution in [0.5, 0.6) is 0 Å². The van der Waals surface area contributed by atoms with E-state index in [9.17, 15) is 26.7 Å². The topological polar surface area (TPSA) is 77.1 Å². The molecule has 1 amide bonds. The maximum absolute atomic E-state index is 14.0. The van der Waals surface area contributed by atoms with Gasteiger partial charge in [0.05, 0.1) is 18.4 Å². The molecule has 1 N–H and O–H groups in total. The molecule has 1 aromatic carbocycles. The van der Waals surface area contributed by atoms with Gasteiger partial charge in [0.15, 0.2) is 11.3 Å². The number of rotatable bonds is 5. The second-order valence-corrected chi connectivity index (χ2v) is 7.60. The van der Waals surface area contributed by atoms with Crippen molar-refractivity contribution in [2.24, 2.45) is 0 Å². The van der Waals surface area contributed by atoms with Crippen LogP contribution in [0.15, 0.2) is 48.8 Å². The van der Waals surface area contributed by atoms with Crippen LogP contribution >= 0.6 is 11.6 Å². The van der Waals surface area contributed by atoms with Crippen molar-refractivity contribution in [1.82, 2.24) is 24.4 Å². The summed E-state index contributed by atoms with van der Waals surface area (Å²) in [6.07, 6.45) is -2.97. The smallest absolute Gasteiger partial charge is 0.318 e. The number of alkyl halides is 5. The van der Waals surface area contributed by atoms with Gasteiger partial charge < -0.3 is 5.32 Å². The third kappa shape index (κ3) is 4.51. The summed E-state index contributed by atoms with van der Waals surface area (Å²) in [4.78, 5) is 16.4. The molecule has 3 aromatic heterocycles. The summed E-state index contributed by atoms with van der Waals surface area (Å²) in [5.41, 5.74) is -1.06. The van der Waals surface area contributed by atoms with Crippen molar-refractivity contribution in [3.63, 3.8) is 0 Å². The monoisotopic (exact) mass is 484 g/mol. The van der Waals surface area contributed by atoms with Crippen molar-refractivity contribution in [3.05, 3.63) is 76.5 Å². The predicted octanol–water partition coefficient (Wildman–Crippen LogP) is 4.84. The Hall–Kier alpha value is -3.54. The van der Waals surface area contributed by atoms with E-state index in [1.807, 2.05) is 12.1 Å². The second-order valence-electron chi connectivity index (χ2n) is 7.16. The number of hydrogen-bond acceptors (Lipinski definition) is 4. The van der Waals surface area contributed by atoms with Crippen LogP contribution < -0.4 is 5.32 Å². The molecule has 0 saturated carbocycles. The van der Waals surface area contributed by atoms with Gasteiger partial charge in [0.2, 0.25) is 0 Å². The lowest BCUT2D eigenvalue weighted by Crippen LogP contribution is -2.36. The quantitative estimate of drug-likeness (QED) is 0.411. The zero-order chi connectivity index (χ0) is 24.0. The van der Waals surface area contributed by atoms with Crippen LogP contribution in [0.3, 0.4) is 0 Å². The molecular weight excluding hydrogens is 471 g/mol. The Labute approximate surface area is 187 Å². The molecule has 172 valence electrons. The van der Waals surface area contributed by atoms with Crippen molar-refractivity contribution < 1.29 is 26.7 Å². The van der Waals surface area contributed by atoms with Gasteiger partial charge in [-0.05, 0) is 30.7 Å². The minimum Gasteiger partial charge on any atom is -0.318 e. The number of nitrogens with one attached hydrogen (secondary N) is 1. The van der Waals surface area contributed by atoms with E-state index in [4.69, 9.17) is 11.6 Å². The van der Waals surface area contributed by atoms with Gasteiger partial charge in [-0.3, -0.25) is 9.48 Å². The lowest BCUT2D eigenvalue weighted by Gasteiger charge is -2.20. The molecule has 0 fully saturated rings. The average molecular weight is 485 g/mol. The molecule has 7 nitrogen and oxygen atoms in total. The lowest BCUT2D eigenvalue weighted by atomic mass is 10.2. The van der Waals surface area contributed by atoms with E-state index < -0.39 is 29.4 Å². The molecule has 0 saturated heterocycles. The van der Waals surface area contributed by atoms with Crippen LogP contribution in [-0.4, -0.2) is 36.5 Å². The third-order valence-electron chi connectivity index (χ3n) is 4.61. The summed E-state index contributed by atoms with van der Waals surface area (Å²) >= 11 is 5.85. The van der Waals surface area contributed by atoms with Crippen molar-refractivity contribution in [3.8, 4) is 0 Å². The molecule has 4 aromatic rings. The first-order valence-corrected chi connectivity index (χ1v) is 9.72. The highest BCUT2D eigenvalue weighted by molar-refractivity contribution is 6.30. The van der Waals surface area contributed by atoms with E-state index in [2.05, 4.69) is 20.5 Å². The first-order chi connectivity index (χ1) is 15.4. The summed E-state index contributed by atoms with van der Waals surface area (Å²) in [5, 5.41) is 10.8. The van der Waals surface area contributed by atoms with Crippen LogP contribution in [0.2, 0.25) is 5.02 Å². The van der Waals surface area contributed by atoms with E-state index in [1.54, 1.807) is 12.1 Å². The number of amides is 1. The Kier molecular flexibility index (Phi) is 5.56. The number of halogens is 6. The minimum atomic E-state index is -5.85. The van der Waals surface area contributed by atoms with Gasteiger partial charge in [0, 0.05) is 23.0 Å². The molecule has 0 atom stereocenters. The Bertz CT molecular complexity index is 1330. The van der Waals surface area contributed by atoms with E-state index in [-0.39, 0.29) is 17.0 Å². The van der Waals surface area contributed by atoms with Crippen LogP contribution in [-0.2, 0) is 12.5 Å². The van der Waals surface area contributed by atoms with Crippen molar-refractivity contribution in [1.29, 1.82) is 0 Å². The molecule has 0 aliphatic rings. The van der Waals surface area contributed by atoms with Gasteiger partial charge in [0.25, 0.3) is 5.91 Å². The third-order valence-corrected chi connectivity index (χ3v) is 4.87. The largest absolute Gasteiger partial charge is 0.459 e. The van der Waals surface area contributed by atoms with Gasteiger partial charge in [-0.2, -0.15) is 32.1 Å². The fourth-order valence-corrected chi connectivity index (χ4v) is 3.19. The van der Waals surface area contributed by atoms with Gasteiger partial charge in [0.1, 0.15) is 5.69 Å². The maximum atomic E-state index is 14.0. The summed E-state index contributed by atoms with van der Waals surface area (Å²) in [6.45, 7) is 1.65. The number of hydrogen-bond donors (Lipinski definition) is 1. The standard InChI is InChI=1S/C20H14ClF5N6O/c1-11-6-16(19(22,23)20(24,25)26)32-17(28-11)7-15(30-32)18(33)29-14-8-27-31(10-14)9-12-2-4-13(21)5-3-12/h2-8,10H,9H2,1H3,(H,29,33). The average Bonchev–Trinajstić information content (AvgIpc) is 3.35. The first-order valence-electron chi connectivity index (χ1n) is 9.35. The van der Waals surface area contributed by atoms with E-state index in [0.717, 1.165) is 11.6 Å². The van der Waals surface area contributed by atoms with E-state index in [0.29, 0.717) is 22.1 Å². The number of aryl methyl sites for hydroxylation is 1. The van der Waals surface area contributed by atoms with Gasteiger partial charge in [-0.25, -0.2) is 9.50 Å². The van der Waals surface area contributed by atoms with Gasteiger partial charge >= 0.3 is 12.1 Å². The molecule has 0 aliphatic carbocycles. The number of carbonyl (C=O) groups is 1. The van der Waals surface area contributed by atoms with Crippen LogP contribution in [0.25, 0.3) is 5.65 Å². The molecule has 0 radical (unpaired) electrons. The molecule has 4 rings (SSSR count). The van der Waals surface area contributed by atoms with Gasteiger partial charge in [-0.1, -0.05) is 23.7 Å². The van der Waals surface area contributed by atoms with E-state index in [1.165, 1.54) is 24.0 Å². The number of carbonyl (C=O) groups excluding carboxylic acids is 1. The van der Waals surface area contributed by atoms with Crippen LogP contribution in [0.4, 0.5) is 27.6 Å². The van der Waals surface area contributed by atoms with Gasteiger partial charge in [-0.15, -0.1) is 0 Å². The summed E-state index contributed by atoms with van der Waals surface area (Å²) in [7, 11) is 0. The highest BCUT2D eigenvalue weighted by Crippen LogP contribution is 2.43. The summed E-state index contributed by atoms with van der Waals surface area (Å²) < 4.78 is 68.6. The fraction of sp³-hybridized carbons (Fsp3) is 0.200. The van der Waals surface area contributed by atoms with E-state index >= 15 is 0 Å². The zero-order valence-corrected chi connectivity index (χ0v) is 17.5. The number of benzene rings is 1. The molecule has 0 unspecified atom stereocenters. The lowest BCUT2D eigenvalue weighted by molar-refractivity contribution is -0.291.